The number of hydrogen-bond acceptors (Lipinski definition) is 3. The Morgan fingerprint density at radius 3 is 2.37 bits per heavy atom. The quantitative estimate of drug-likeness (QED) is 0.637. The molecule has 0 aliphatic heterocycles. The van der Waals surface area contributed by atoms with E-state index in [1.54, 1.807) is 0 Å². The van der Waals surface area contributed by atoms with Crippen LogP contribution in [0, 0.1) is 6.92 Å². The van der Waals surface area contributed by atoms with Gasteiger partial charge in [0.25, 0.3) is 0 Å². The molecule has 1 aromatic heterocycles. The van der Waals surface area contributed by atoms with Crippen LogP contribution in [0.1, 0.15) is 35.5 Å². The van der Waals surface area contributed by atoms with Crippen molar-refractivity contribution in [2.45, 2.75) is 32.7 Å². The number of nitrogens with zero attached hydrogens (tertiary/aromatic N) is 2. The van der Waals surface area contributed by atoms with Gasteiger partial charge in [-0.1, -0.05) is 31.2 Å². The number of rotatable bonds is 5. The summed E-state index contributed by atoms with van der Waals surface area (Å²) in [5, 5.41) is 4.37. The Morgan fingerprint density at radius 1 is 1.26 bits per heavy atom. The number of aromatic nitrogens is 2. The first-order valence-corrected chi connectivity index (χ1v) is 6.68. The summed E-state index contributed by atoms with van der Waals surface area (Å²) in [5.74, 6) is 5.70. The summed E-state index contributed by atoms with van der Waals surface area (Å²) in [6.45, 7) is 4.16. The number of benzene rings is 1. The predicted octanol–water partition coefficient (Wildman–Crippen LogP) is 2.04. The molecule has 19 heavy (non-hydrogen) atoms. The van der Waals surface area contributed by atoms with Crippen molar-refractivity contribution in [1.29, 1.82) is 0 Å². The Bertz CT molecular complexity index is 528. The van der Waals surface area contributed by atoms with Crippen molar-refractivity contribution in [1.82, 2.24) is 15.2 Å². The highest BCUT2D eigenvalue weighted by Crippen LogP contribution is 2.18. The molecule has 0 saturated heterocycles. The summed E-state index contributed by atoms with van der Waals surface area (Å²) in [6, 6.07) is 10.9. The summed E-state index contributed by atoms with van der Waals surface area (Å²) in [6.07, 6.45) is 1.93. The molecule has 0 radical (unpaired) electrons. The minimum absolute atomic E-state index is 0.0821. The molecule has 1 unspecified atom stereocenters. The van der Waals surface area contributed by atoms with Gasteiger partial charge in [-0.05, 0) is 37.0 Å². The van der Waals surface area contributed by atoms with E-state index in [4.69, 9.17) is 5.84 Å². The average Bonchev–Trinajstić information content (AvgIpc) is 2.75. The normalized spacial score (nSPS) is 12.6. The summed E-state index contributed by atoms with van der Waals surface area (Å²) < 4.78 is 1.89. The standard InChI is InChI=1S/C15H22N4/c1-4-12-5-7-13(8-6-12)10-14(17-16)15-9-11(2)18-19(15)3/h5-9,14,17H,4,10,16H2,1-3H3. The summed E-state index contributed by atoms with van der Waals surface area (Å²) in [5.41, 5.74) is 7.65. The molecule has 1 atom stereocenters. The highest BCUT2D eigenvalue weighted by atomic mass is 15.3. The number of nitrogens with two attached hydrogens (primary N) is 1. The molecule has 1 aromatic carbocycles. The Labute approximate surface area is 114 Å². The van der Waals surface area contributed by atoms with Crippen molar-refractivity contribution < 1.29 is 0 Å². The zero-order chi connectivity index (χ0) is 13.8. The fraction of sp³-hybridized carbons (Fsp3) is 0.400. The van der Waals surface area contributed by atoms with Gasteiger partial charge in [0.05, 0.1) is 17.4 Å². The molecule has 2 aromatic rings. The number of hydrazine groups is 1. The summed E-state index contributed by atoms with van der Waals surface area (Å²) >= 11 is 0. The molecule has 4 nitrogen and oxygen atoms in total. The second-order valence-corrected chi connectivity index (χ2v) is 4.93. The van der Waals surface area contributed by atoms with E-state index in [1.807, 2.05) is 18.7 Å². The van der Waals surface area contributed by atoms with Gasteiger partial charge in [-0.15, -0.1) is 0 Å². The molecule has 102 valence electrons. The maximum absolute atomic E-state index is 5.70. The summed E-state index contributed by atoms with van der Waals surface area (Å²) in [4.78, 5) is 0. The molecule has 4 heteroatoms. The molecule has 0 amide bonds. The Morgan fingerprint density at radius 2 is 1.89 bits per heavy atom. The van der Waals surface area contributed by atoms with Gasteiger partial charge in [-0.3, -0.25) is 16.0 Å². The van der Waals surface area contributed by atoms with Gasteiger partial charge in [-0.25, -0.2) is 0 Å². The van der Waals surface area contributed by atoms with Gasteiger partial charge < -0.3 is 0 Å². The second-order valence-electron chi connectivity index (χ2n) is 4.93. The zero-order valence-corrected chi connectivity index (χ0v) is 11.9. The average molecular weight is 258 g/mol. The lowest BCUT2D eigenvalue weighted by Crippen LogP contribution is -2.31. The third-order valence-electron chi connectivity index (χ3n) is 3.47. The second kappa shape index (κ2) is 5.99. The number of aryl methyl sites for hydroxylation is 3. The topological polar surface area (TPSA) is 55.9 Å². The van der Waals surface area contributed by atoms with Crippen molar-refractivity contribution in [2.24, 2.45) is 12.9 Å². The summed E-state index contributed by atoms with van der Waals surface area (Å²) in [7, 11) is 1.95. The minimum atomic E-state index is 0.0821. The van der Waals surface area contributed by atoms with E-state index in [2.05, 4.69) is 47.8 Å². The third-order valence-corrected chi connectivity index (χ3v) is 3.47. The molecule has 1 heterocycles. The third kappa shape index (κ3) is 3.22. The van der Waals surface area contributed by atoms with Gasteiger partial charge in [0.2, 0.25) is 0 Å². The van der Waals surface area contributed by atoms with Crippen LogP contribution in [0.4, 0.5) is 0 Å². The van der Waals surface area contributed by atoms with Crippen LogP contribution in [0.15, 0.2) is 30.3 Å². The van der Waals surface area contributed by atoms with E-state index in [0.29, 0.717) is 0 Å². The lowest BCUT2D eigenvalue weighted by atomic mass is 10.0. The monoisotopic (exact) mass is 258 g/mol. The van der Waals surface area contributed by atoms with E-state index in [0.717, 1.165) is 24.2 Å². The van der Waals surface area contributed by atoms with E-state index in [1.165, 1.54) is 11.1 Å². The molecular weight excluding hydrogens is 236 g/mol. The Balaban J connectivity index is 2.16. The highest BCUT2D eigenvalue weighted by Gasteiger charge is 2.15. The first-order valence-electron chi connectivity index (χ1n) is 6.68. The zero-order valence-electron chi connectivity index (χ0n) is 11.9. The van der Waals surface area contributed by atoms with E-state index in [-0.39, 0.29) is 6.04 Å². The molecule has 0 spiro atoms. The maximum Gasteiger partial charge on any atom is 0.0669 e. The van der Waals surface area contributed by atoms with E-state index < -0.39 is 0 Å². The van der Waals surface area contributed by atoms with Gasteiger partial charge in [0, 0.05) is 7.05 Å². The van der Waals surface area contributed by atoms with Crippen molar-refractivity contribution in [3.05, 3.63) is 52.8 Å². The fourth-order valence-electron chi connectivity index (χ4n) is 2.35. The van der Waals surface area contributed by atoms with Gasteiger partial charge in [0.1, 0.15) is 0 Å². The van der Waals surface area contributed by atoms with Crippen LogP contribution in [-0.4, -0.2) is 9.78 Å². The lowest BCUT2D eigenvalue weighted by molar-refractivity contribution is 0.508. The first-order chi connectivity index (χ1) is 9.13. The van der Waals surface area contributed by atoms with Crippen LogP contribution >= 0.6 is 0 Å². The maximum atomic E-state index is 5.70. The van der Waals surface area contributed by atoms with E-state index in [9.17, 15) is 0 Å². The van der Waals surface area contributed by atoms with Crippen LogP contribution in [-0.2, 0) is 19.9 Å². The van der Waals surface area contributed by atoms with Crippen LogP contribution in [0.3, 0.4) is 0 Å². The molecule has 0 aliphatic rings. The molecule has 0 saturated carbocycles. The van der Waals surface area contributed by atoms with Crippen LogP contribution in [0.5, 0.6) is 0 Å². The van der Waals surface area contributed by atoms with E-state index >= 15 is 0 Å². The van der Waals surface area contributed by atoms with Crippen LogP contribution in [0.2, 0.25) is 0 Å². The van der Waals surface area contributed by atoms with Gasteiger partial charge >= 0.3 is 0 Å². The van der Waals surface area contributed by atoms with Crippen molar-refractivity contribution in [3.8, 4) is 0 Å². The Hall–Kier alpha value is -1.65. The molecule has 0 bridgehead atoms. The smallest absolute Gasteiger partial charge is 0.0669 e. The molecule has 3 N–H and O–H groups in total. The van der Waals surface area contributed by atoms with Crippen LogP contribution in [0.25, 0.3) is 0 Å². The molecular formula is C15H22N4. The lowest BCUT2D eigenvalue weighted by Gasteiger charge is -2.16. The van der Waals surface area contributed by atoms with Crippen molar-refractivity contribution in [2.75, 3.05) is 0 Å². The molecule has 0 aliphatic carbocycles. The molecule has 0 fully saturated rings. The van der Waals surface area contributed by atoms with Crippen molar-refractivity contribution >= 4 is 0 Å². The van der Waals surface area contributed by atoms with Gasteiger partial charge in [-0.2, -0.15) is 5.10 Å². The van der Waals surface area contributed by atoms with Gasteiger partial charge in [0.15, 0.2) is 0 Å². The number of nitrogens with one attached hydrogen (secondary N) is 1. The number of hydrogen-bond donors (Lipinski definition) is 2. The highest BCUT2D eigenvalue weighted by molar-refractivity contribution is 5.25. The minimum Gasteiger partial charge on any atom is -0.271 e. The largest absolute Gasteiger partial charge is 0.271 e. The predicted molar refractivity (Wildman–Crippen MR) is 77.5 cm³/mol. The first kappa shape index (κ1) is 13.8. The molecule has 2 rings (SSSR count). The van der Waals surface area contributed by atoms with Crippen LogP contribution < -0.4 is 11.3 Å². The van der Waals surface area contributed by atoms with Crippen molar-refractivity contribution in [3.63, 3.8) is 0 Å². The Kier molecular flexibility index (Phi) is 4.35. The SMILES string of the molecule is CCc1ccc(CC(NN)c2cc(C)nn2C)cc1. The fourth-order valence-corrected chi connectivity index (χ4v) is 2.35.